The minimum Gasteiger partial charge on any atom is -0.278 e. The number of nitrogens with zero attached hydrogens (tertiary/aromatic N) is 4. The molecule has 3 aromatic rings. The van der Waals surface area contributed by atoms with Crippen molar-refractivity contribution in [3.05, 3.63) is 60.2 Å². The van der Waals surface area contributed by atoms with Crippen molar-refractivity contribution in [2.24, 2.45) is 0 Å². The van der Waals surface area contributed by atoms with Crippen LogP contribution in [0.4, 0.5) is 0 Å². The largest absolute Gasteiger partial charge is 0.278 e. The molecule has 0 N–H and O–H groups in total. The number of hydrogen-bond acceptors (Lipinski definition) is 3. The molecule has 22 heavy (non-hydrogen) atoms. The van der Waals surface area contributed by atoms with Gasteiger partial charge in [-0.25, -0.2) is 4.68 Å². The number of rotatable bonds is 3. The summed E-state index contributed by atoms with van der Waals surface area (Å²) in [4.78, 5) is 2.53. The lowest BCUT2D eigenvalue weighted by molar-refractivity contribution is 0.134. The summed E-state index contributed by atoms with van der Waals surface area (Å²) < 4.78 is 2.08. The van der Waals surface area contributed by atoms with E-state index >= 15 is 0 Å². The van der Waals surface area contributed by atoms with Crippen molar-refractivity contribution in [2.45, 2.75) is 25.4 Å². The van der Waals surface area contributed by atoms with Gasteiger partial charge in [0.25, 0.3) is 0 Å². The Morgan fingerprint density at radius 1 is 0.818 bits per heavy atom. The van der Waals surface area contributed by atoms with Gasteiger partial charge in [0.2, 0.25) is 0 Å². The number of benzene rings is 2. The van der Waals surface area contributed by atoms with Crippen LogP contribution in [-0.2, 0) is 0 Å². The highest BCUT2D eigenvalue weighted by atomic mass is 15.5. The summed E-state index contributed by atoms with van der Waals surface area (Å²) in [5, 5.41) is 8.82. The average Bonchev–Trinajstić information content (AvgIpc) is 3.01. The lowest BCUT2D eigenvalue weighted by atomic mass is 10.1. The Morgan fingerprint density at radius 3 is 2.36 bits per heavy atom. The predicted molar refractivity (Wildman–Crippen MR) is 87.5 cm³/mol. The molecule has 2 heterocycles. The Balaban J connectivity index is 1.83. The van der Waals surface area contributed by atoms with Crippen LogP contribution in [0.2, 0.25) is 0 Å². The summed E-state index contributed by atoms with van der Waals surface area (Å²) >= 11 is 0. The molecular formula is C18H20N4. The van der Waals surface area contributed by atoms with Crippen molar-refractivity contribution in [1.82, 2.24) is 19.9 Å². The topological polar surface area (TPSA) is 34.0 Å². The lowest BCUT2D eigenvalue weighted by Crippen LogP contribution is -2.38. The first-order valence-corrected chi connectivity index (χ1v) is 8.02. The summed E-state index contributed by atoms with van der Waals surface area (Å²) in [6, 6.07) is 18.9. The summed E-state index contributed by atoms with van der Waals surface area (Å²) in [5.41, 5.74) is 3.34. The van der Waals surface area contributed by atoms with Gasteiger partial charge in [-0.3, -0.25) is 4.90 Å². The number of aromatic nitrogens is 3. The van der Waals surface area contributed by atoms with Gasteiger partial charge >= 0.3 is 0 Å². The molecule has 1 aliphatic heterocycles. The summed E-state index contributed by atoms with van der Waals surface area (Å²) in [6.45, 7) is 2.24. The first-order valence-electron chi connectivity index (χ1n) is 8.02. The van der Waals surface area contributed by atoms with Gasteiger partial charge in [-0.1, -0.05) is 54.1 Å². The molecule has 0 saturated carbocycles. The molecule has 0 spiro atoms. The second-order valence-electron chi connectivity index (χ2n) is 5.90. The van der Waals surface area contributed by atoms with Crippen LogP contribution in [0.25, 0.3) is 11.0 Å². The molecule has 0 radical (unpaired) electrons. The Kier molecular flexibility index (Phi) is 3.60. The highest BCUT2D eigenvalue weighted by Crippen LogP contribution is 2.28. The van der Waals surface area contributed by atoms with Gasteiger partial charge in [0, 0.05) is 13.1 Å². The first kappa shape index (κ1) is 13.5. The third-order valence-electron chi connectivity index (χ3n) is 4.44. The minimum absolute atomic E-state index is 0.133. The van der Waals surface area contributed by atoms with Crippen molar-refractivity contribution in [3.63, 3.8) is 0 Å². The maximum Gasteiger partial charge on any atom is 0.132 e. The molecule has 4 rings (SSSR count). The lowest BCUT2D eigenvalue weighted by Gasteiger charge is -2.34. The maximum absolute atomic E-state index is 4.47. The van der Waals surface area contributed by atoms with E-state index in [0.717, 1.165) is 24.1 Å². The molecular weight excluding hydrogens is 272 g/mol. The molecule has 0 aliphatic carbocycles. The Labute approximate surface area is 130 Å². The first-order chi connectivity index (χ1) is 10.9. The predicted octanol–water partition coefficient (Wildman–Crippen LogP) is 3.46. The van der Waals surface area contributed by atoms with E-state index in [1.165, 1.54) is 24.8 Å². The van der Waals surface area contributed by atoms with Crippen molar-refractivity contribution < 1.29 is 0 Å². The van der Waals surface area contributed by atoms with Gasteiger partial charge in [-0.05, 0) is 30.5 Å². The molecule has 2 aromatic carbocycles. The molecule has 1 fully saturated rings. The third-order valence-corrected chi connectivity index (χ3v) is 4.44. The zero-order valence-electron chi connectivity index (χ0n) is 12.6. The number of hydrogen-bond donors (Lipinski definition) is 0. The van der Waals surface area contributed by atoms with Gasteiger partial charge < -0.3 is 0 Å². The molecule has 0 bridgehead atoms. The number of fused-ring (bicyclic) bond motifs is 1. The van der Waals surface area contributed by atoms with Crippen LogP contribution in [0.1, 0.15) is 31.0 Å². The van der Waals surface area contributed by atoms with Crippen LogP contribution in [0, 0.1) is 0 Å². The summed E-state index contributed by atoms with van der Waals surface area (Å²) in [6.07, 6.45) is 3.98. The van der Waals surface area contributed by atoms with E-state index in [0.29, 0.717) is 0 Å². The van der Waals surface area contributed by atoms with Crippen LogP contribution in [-0.4, -0.2) is 33.0 Å². The summed E-state index contributed by atoms with van der Waals surface area (Å²) in [5.74, 6) is 0. The smallest absolute Gasteiger partial charge is 0.132 e. The van der Waals surface area contributed by atoms with Gasteiger partial charge in [-0.2, -0.15) is 0 Å². The van der Waals surface area contributed by atoms with E-state index < -0.39 is 0 Å². The van der Waals surface area contributed by atoms with Gasteiger partial charge in [0.05, 0.1) is 5.52 Å². The van der Waals surface area contributed by atoms with E-state index in [1.807, 2.05) is 12.1 Å². The van der Waals surface area contributed by atoms with Crippen LogP contribution in [0.5, 0.6) is 0 Å². The molecule has 0 amide bonds. The van der Waals surface area contributed by atoms with E-state index in [4.69, 9.17) is 0 Å². The molecule has 1 saturated heterocycles. The quantitative estimate of drug-likeness (QED) is 0.741. The molecule has 1 aliphatic rings. The standard InChI is InChI=1S/C18H20N4/c1-3-9-15(10-4-1)18(21-13-7-2-8-14-21)22-17-12-6-5-11-16(17)19-20-22/h1,3-6,9-12,18H,2,7-8,13-14H2. The second-order valence-corrected chi connectivity index (χ2v) is 5.90. The Morgan fingerprint density at radius 2 is 1.55 bits per heavy atom. The van der Waals surface area contributed by atoms with Crippen LogP contribution in [0.3, 0.4) is 0 Å². The highest BCUT2D eigenvalue weighted by Gasteiger charge is 2.26. The minimum atomic E-state index is 0.133. The van der Waals surface area contributed by atoms with E-state index in [1.54, 1.807) is 0 Å². The zero-order valence-corrected chi connectivity index (χ0v) is 12.6. The molecule has 1 atom stereocenters. The van der Waals surface area contributed by atoms with Crippen LogP contribution >= 0.6 is 0 Å². The molecule has 112 valence electrons. The fraction of sp³-hybridized carbons (Fsp3) is 0.333. The van der Waals surface area contributed by atoms with Crippen molar-refractivity contribution >= 4 is 11.0 Å². The van der Waals surface area contributed by atoms with Gasteiger partial charge in [-0.15, -0.1) is 5.10 Å². The van der Waals surface area contributed by atoms with Crippen LogP contribution in [0.15, 0.2) is 54.6 Å². The zero-order chi connectivity index (χ0) is 14.8. The number of likely N-dealkylation sites (tertiary alicyclic amines) is 1. The molecule has 1 aromatic heterocycles. The number of para-hydroxylation sites is 1. The fourth-order valence-electron chi connectivity index (χ4n) is 3.36. The van der Waals surface area contributed by atoms with Gasteiger partial charge in [0.1, 0.15) is 11.7 Å². The van der Waals surface area contributed by atoms with Crippen molar-refractivity contribution in [1.29, 1.82) is 0 Å². The Bertz CT molecular complexity index is 744. The molecule has 4 nitrogen and oxygen atoms in total. The van der Waals surface area contributed by atoms with Crippen LogP contribution < -0.4 is 0 Å². The number of piperidine rings is 1. The molecule has 1 unspecified atom stereocenters. The Hall–Kier alpha value is -2.20. The molecule has 4 heteroatoms. The van der Waals surface area contributed by atoms with E-state index in [2.05, 4.69) is 62.4 Å². The van der Waals surface area contributed by atoms with Crippen molar-refractivity contribution in [3.8, 4) is 0 Å². The normalized spacial score (nSPS) is 17.6. The highest BCUT2D eigenvalue weighted by molar-refractivity contribution is 5.74. The maximum atomic E-state index is 4.47. The third kappa shape index (κ3) is 2.40. The SMILES string of the molecule is c1ccc(C(N2CCCCC2)n2nnc3ccccc32)cc1. The van der Waals surface area contributed by atoms with E-state index in [9.17, 15) is 0 Å². The van der Waals surface area contributed by atoms with E-state index in [-0.39, 0.29) is 6.17 Å². The monoisotopic (exact) mass is 292 g/mol. The van der Waals surface area contributed by atoms with Crippen molar-refractivity contribution in [2.75, 3.05) is 13.1 Å². The second kappa shape index (κ2) is 5.89. The average molecular weight is 292 g/mol. The fourth-order valence-corrected chi connectivity index (χ4v) is 3.36. The van der Waals surface area contributed by atoms with Gasteiger partial charge in [0.15, 0.2) is 0 Å². The summed E-state index contributed by atoms with van der Waals surface area (Å²) in [7, 11) is 0.